The largest absolute Gasteiger partial charge is 0.311 e. The van der Waals surface area contributed by atoms with Crippen LogP contribution in [0.15, 0.2) is 212 Å². The summed E-state index contributed by atoms with van der Waals surface area (Å²) in [4.78, 5) is 34.8. The van der Waals surface area contributed by atoms with Crippen molar-refractivity contribution in [2.75, 3.05) is 4.90 Å². The normalized spacial score (nSPS) is 14.3. The van der Waals surface area contributed by atoms with Crippen molar-refractivity contribution in [3.05, 3.63) is 254 Å². The van der Waals surface area contributed by atoms with Crippen molar-refractivity contribution >= 4 is 39.7 Å². The Morgan fingerprint density at radius 2 is 0.738 bits per heavy atom. The summed E-state index contributed by atoms with van der Waals surface area (Å²) in [5, 5.41) is 33.8. The van der Waals surface area contributed by atoms with Crippen LogP contribution in [0.2, 0.25) is 0 Å². The van der Waals surface area contributed by atoms with Gasteiger partial charge in [-0.2, -0.15) is 0 Å². The van der Waals surface area contributed by atoms with E-state index in [0.29, 0.717) is 0 Å². The van der Waals surface area contributed by atoms with E-state index in [1.807, 2.05) is 36.4 Å². The van der Waals surface area contributed by atoms with E-state index >= 15 is 0 Å². The number of nitro benzene ring substituents is 3. The lowest BCUT2D eigenvalue weighted by atomic mass is 9.75. The van der Waals surface area contributed by atoms with Gasteiger partial charge in [0.1, 0.15) is 0 Å². The third kappa shape index (κ3) is 8.82. The standard InChI is InChI=1S/C55H40N4O6/c1-55(48-20-32-54(33-21-48)59(64)65)34-4-9-47(37-55)42-14-26-51(27-15-42)56(49-22-10-38(11-23-49)43-5-2-7-45(35-43)40-16-28-52(29-17-40)57(60)61)50-24-12-39(13-25-50)44-6-3-8-46(36-44)41-18-30-53(31-19-41)58(62)63/h2-33,35-37H,34H2,1H3. The van der Waals surface area contributed by atoms with Gasteiger partial charge < -0.3 is 4.90 Å². The summed E-state index contributed by atoms with van der Waals surface area (Å²) >= 11 is 0. The maximum Gasteiger partial charge on any atom is 0.269 e. The lowest BCUT2D eigenvalue weighted by Gasteiger charge is -2.30. The molecule has 0 bridgehead atoms. The fourth-order valence-corrected chi connectivity index (χ4v) is 8.39. The predicted octanol–water partition coefficient (Wildman–Crippen LogP) is 14.9. The molecule has 1 atom stereocenters. The van der Waals surface area contributed by atoms with Crippen LogP contribution in [0.4, 0.5) is 34.1 Å². The van der Waals surface area contributed by atoms with Crippen molar-refractivity contribution in [1.82, 2.24) is 0 Å². The molecule has 0 N–H and O–H groups in total. The molecular formula is C55H40N4O6. The zero-order chi connectivity index (χ0) is 45.1. The number of nitrogens with zero attached hydrogens (tertiary/aromatic N) is 4. The fraction of sp³-hybridized carbons (Fsp3) is 0.0545. The van der Waals surface area contributed by atoms with Crippen LogP contribution >= 0.6 is 0 Å². The quantitative estimate of drug-likeness (QED) is 0.0882. The molecule has 0 amide bonds. The number of anilines is 3. The highest BCUT2D eigenvalue weighted by molar-refractivity contribution is 5.84. The molecular weight excluding hydrogens is 813 g/mol. The Morgan fingerprint density at radius 1 is 0.415 bits per heavy atom. The van der Waals surface area contributed by atoms with Crippen LogP contribution in [-0.2, 0) is 5.41 Å². The molecule has 0 aliphatic heterocycles. The summed E-state index contributed by atoms with van der Waals surface area (Å²) < 4.78 is 0. The van der Waals surface area contributed by atoms with Crippen molar-refractivity contribution in [2.24, 2.45) is 0 Å². The molecule has 1 aliphatic rings. The highest BCUT2D eigenvalue weighted by Gasteiger charge is 2.27. The summed E-state index contributed by atoms with van der Waals surface area (Å²) in [6.07, 6.45) is 7.30. The Morgan fingerprint density at radius 3 is 1.09 bits per heavy atom. The smallest absolute Gasteiger partial charge is 0.269 e. The van der Waals surface area contributed by atoms with Gasteiger partial charge in [-0.15, -0.1) is 0 Å². The molecule has 0 radical (unpaired) electrons. The minimum absolute atomic E-state index is 0.0498. The number of non-ortho nitro benzene ring substituents is 3. The zero-order valence-corrected chi connectivity index (χ0v) is 35.2. The van der Waals surface area contributed by atoms with E-state index in [4.69, 9.17) is 0 Å². The molecule has 1 unspecified atom stereocenters. The van der Waals surface area contributed by atoms with Crippen LogP contribution < -0.4 is 4.90 Å². The van der Waals surface area contributed by atoms with Gasteiger partial charge >= 0.3 is 0 Å². The topological polar surface area (TPSA) is 133 Å². The van der Waals surface area contributed by atoms with Crippen LogP contribution in [0.25, 0.3) is 50.1 Å². The molecule has 10 nitrogen and oxygen atoms in total. The number of allylic oxidation sites excluding steroid dienone is 4. The summed E-state index contributed by atoms with van der Waals surface area (Å²) in [5.74, 6) is 0. The number of hydrogen-bond acceptors (Lipinski definition) is 7. The van der Waals surface area contributed by atoms with Crippen molar-refractivity contribution in [2.45, 2.75) is 18.8 Å². The van der Waals surface area contributed by atoms with Crippen molar-refractivity contribution in [3.63, 3.8) is 0 Å². The molecule has 0 heterocycles. The monoisotopic (exact) mass is 852 g/mol. The highest BCUT2D eigenvalue weighted by Crippen LogP contribution is 2.41. The summed E-state index contributed by atoms with van der Waals surface area (Å²) in [6.45, 7) is 2.15. The zero-order valence-electron chi connectivity index (χ0n) is 35.2. The summed E-state index contributed by atoms with van der Waals surface area (Å²) in [6, 6.07) is 61.5. The molecule has 65 heavy (non-hydrogen) atoms. The highest BCUT2D eigenvalue weighted by atomic mass is 16.6. The van der Waals surface area contributed by atoms with Crippen molar-refractivity contribution in [3.8, 4) is 44.5 Å². The number of benzene rings is 8. The first-order valence-electron chi connectivity index (χ1n) is 21.0. The SMILES string of the molecule is CC1(c2ccc([N+](=O)[O-])cc2)C=C(c2ccc(N(c3ccc(-c4cccc(-c5ccc([N+](=O)[O-])cc5)c4)cc3)c3ccc(-c4cccc(-c5ccc([N+](=O)[O-])cc5)c4)cc3)cc2)C=CC1. The lowest BCUT2D eigenvalue weighted by molar-refractivity contribution is -0.385. The Balaban J connectivity index is 1.04. The minimum Gasteiger partial charge on any atom is -0.311 e. The van der Waals surface area contributed by atoms with Gasteiger partial charge in [-0.1, -0.05) is 110 Å². The number of rotatable bonds is 12. The number of hydrogen-bond donors (Lipinski definition) is 0. The lowest BCUT2D eigenvalue weighted by Crippen LogP contribution is -2.20. The predicted molar refractivity (Wildman–Crippen MR) is 258 cm³/mol. The molecule has 316 valence electrons. The van der Waals surface area contributed by atoms with Crippen molar-refractivity contribution < 1.29 is 14.8 Å². The summed E-state index contributed by atoms with van der Waals surface area (Å²) in [7, 11) is 0. The molecule has 0 saturated carbocycles. The number of nitro groups is 3. The van der Waals surface area contributed by atoms with E-state index < -0.39 is 9.85 Å². The first-order valence-corrected chi connectivity index (χ1v) is 21.0. The third-order valence-electron chi connectivity index (χ3n) is 12.0. The molecule has 0 fully saturated rings. The van der Waals surface area contributed by atoms with Gasteiger partial charge in [0.15, 0.2) is 0 Å². The molecule has 0 aromatic heterocycles. The van der Waals surface area contributed by atoms with Crippen LogP contribution in [0, 0.1) is 30.3 Å². The van der Waals surface area contributed by atoms with Crippen molar-refractivity contribution in [1.29, 1.82) is 0 Å². The van der Waals surface area contributed by atoms with Gasteiger partial charge in [-0.05, 0) is 140 Å². The van der Waals surface area contributed by atoms with Crippen LogP contribution in [0.1, 0.15) is 24.5 Å². The van der Waals surface area contributed by atoms with E-state index in [0.717, 1.165) is 84.7 Å². The Labute approximate surface area is 375 Å². The second-order valence-electron chi connectivity index (χ2n) is 16.2. The van der Waals surface area contributed by atoms with Crippen LogP contribution in [0.3, 0.4) is 0 Å². The van der Waals surface area contributed by atoms with Gasteiger partial charge in [-0.25, -0.2) is 0 Å². The molecule has 10 heteroatoms. The van der Waals surface area contributed by atoms with E-state index in [1.165, 1.54) is 24.3 Å². The molecule has 8 aromatic rings. The molecule has 9 rings (SSSR count). The molecule has 0 saturated heterocycles. The van der Waals surface area contributed by atoms with Gasteiger partial charge in [-0.3, -0.25) is 30.3 Å². The first kappa shape index (κ1) is 41.6. The van der Waals surface area contributed by atoms with Crippen LogP contribution in [-0.4, -0.2) is 14.8 Å². The Bertz CT molecular complexity index is 2980. The average Bonchev–Trinajstić information content (AvgIpc) is 3.35. The maximum atomic E-state index is 11.3. The van der Waals surface area contributed by atoms with E-state index in [-0.39, 0.29) is 27.4 Å². The second-order valence-corrected chi connectivity index (χ2v) is 16.2. The van der Waals surface area contributed by atoms with E-state index in [9.17, 15) is 30.3 Å². The summed E-state index contributed by atoms with van der Waals surface area (Å²) in [5.41, 5.74) is 13.5. The van der Waals surface area contributed by atoms with E-state index in [1.54, 1.807) is 36.4 Å². The Kier molecular flexibility index (Phi) is 11.2. The van der Waals surface area contributed by atoms with Gasteiger partial charge in [0.25, 0.3) is 17.1 Å². The molecule has 8 aromatic carbocycles. The average molecular weight is 853 g/mol. The van der Waals surface area contributed by atoms with Gasteiger partial charge in [0.05, 0.1) is 14.8 Å². The maximum absolute atomic E-state index is 11.3. The second kappa shape index (κ2) is 17.5. The third-order valence-corrected chi connectivity index (χ3v) is 12.0. The van der Waals surface area contributed by atoms with E-state index in [2.05, 4.69) is 127 Å². The minimum atomic E-state index is -0.398. The fourth-order valence-electron chi connectivity index (χ4n) is 8.39. The Hall–Kier alpha value is -8.76. The molecule has 1 aliphatic carbocycles. The first-order chi connectivity index (χ1) is 31.5. The van der Waals surface area contributed by atoms with Gasteiger partial charge in [0.2, 0.25) is 0 Å². The molecule has 0 spiro atoms. The van der Waals surface area contributed by atoms with Crippen LogP contribution in [0.5, 0.6) is 0 Å². The van der Waals surface area contributed by atoms with Gasteiger partial charge in [0, 0.05) is 58.9 Å².